The van der Waals surface area contributed by atoms with Gasteiger partial charge >= 0.3 is 5.97 Å². The Hall–Kier alpha value is -2.63. The number of hydrogen-bond donors (Lipinski definition) is 3. The van der Waals surface area contributed by atoms with Gasteiger partial charge in [0.2, 0.25) is 0 Å². The van der Waals surface area contributed by atoms with Crippen LogP contribution < -0.4 is 4.74 Å². The van der Waals surface area contributed by atoms with Gasteiger partial charge in [0.25, 0.3) is 0 Å². The number of rotatable bonds is 4. The van der Waals surface area contributed by atoms with Gasteiger partial charge in [-0.1, -0.05) is 43.0 Å². The van der Waals surface area contributed by atoms with Gasteiger partial charge in [-0.05, 0) is 31.2 Å². The molecule has 1 unspecified atom stereocenters. The molecular weight excluding hydrogens is 296 g/mol. The van der Waals surface area contributed by atoms with E-state index in [1.54, 1.807) is 0 Å². The van der Waals surface area contributed by atoms with Crippen molar-refractivity contribution in [2.75, 3.05) is 6.61 Å². The van der Waals surface area contributed by atoms with Crippen molar-refractivity contribution in [3.8, 4) is 11.5 Å². The van der Waals surface area contributed by atoms with Gasteiger partial charge in [0.05, 0.1) is 12.7 Å². The quantitative estimate of drug-likeness (QED) is 0.754. The van der Waals surface area contributed by atoms with Gasteiger partial charge in [-0.25, -0.2) is 4.79 Å². The van der Waals surface area contributed by atoms with Crippen LogP contribution in [0.15, 0.2) is 73.3 Å². The largest absolute Gasteiger partial charge is 0.478 e. The van der Waals surface area contributed by atoms with E-state index in [4.69, 9.17) is 20.1 Å². The molecule has 0 saturated carbocycles. The van der Waals surface area contributed by atoms with Crippen LogP contribution in [0.5, 0.6) is 11.5 Å². The molecule has 0 heterocycles. The monoisotopic (exact) mass is 318 g/mol. The number of aliphatic hydroxyl groups is 2. The smallest absolute Gasteiger partial charge is 0.327 e. The minimum absolute atomic E-state index is 0.139. The van der Waals surface area contributed by atoms with Crippen LogP contribution >= 0.6 is 0 Å². The first-order valence-electron chi connectivity index (χ1n) is 6.91. The van der Waals surface area contributed by atoms with E-state index < -0.39 is 12.1 Å². The lowest BCUT2D eigenvalue weighted by Gasteiger charge is -2.03. The number of carbonyl (C=O) groups is 1. The molecule has 0 spiro atoms. The molecule has 0 radical (unpaired) electrons. The Kier molecular flexibility index (Phi) is 11.6. The molecule has 124 valence electrons. The molecule has 3 N–H and O–H groups in total. The molecule has 5 nitrogen and oxygen atoms in total. The molecular formula is C18H22O5. The minimum Gasteiger partial charge on any atom is -0.478 e. The Bertz CT molecular complexity index is 500. The van der Waals surface area contributed by atoms with Crippen LogP contribution in [0.2, 0.25) is 0 Å². The second-order valence-electron chi connectivity index (χ2n) is 4.30. The summed E-state index contributed by atoms with van der Waals surface area (Å²) < 4.78 is 5.58. The number of carboxylic acids is 1. The highest BCUT2D eigenvalue weighted by Crippen LogP contribution is 2.19. The number of benzene rings is 2. The third-order valence-corrected chi connectivity index (χ3v) is 2.16. The van der Waals surface area contributed by atoms with Gasteiger partial charge in [-0.3, -0.25) is 0 Å². The number of ether oxygens (including phenoxy) is 1. The van der Waals surface area contributed by atoms with Crippen molar-refractivity contribution < 1.29 is 24.9 Å². The second-order valence-corrected chi connectivity index (χ2v) is 4.30. The fraction of sp³-hybridized carbons (Fsp3) is 0.167. The van der Waals surface area contributed by atoms with Crippen LogP contribution in [-0.2, 0) is 4.79 Å². The summed E-state index contributed by atoms with van der Waals surface area (Å²) in [5, 5.41) is 23.6. The zero-order valence-electron chi connectivity index (χ0n) is 13.0. The average Bonchev–Trinajstić information content (AvgIpc) is 2.58. The maximum atomic E-state index is 9.25. The number of aliphatic carboxylic acids is 1. The predicted octanol–water partition coefficient (Wildman–Crippen LogP) is 3.10. The summed E-state index contributed by atoms with van der Waals surface area (Å²) in [6.07, 6.45) is 0.273. The van der Waals surface area contributed by atoms with Crippen molar-refractivity contribution in [1.82, 2.24) is 0 Å². The molecule has 2 aromatic rings. The zero-order valence-corrected chi connectivity index (χ0v) is 13.0. The van der Waals surface area contributed by atoms with Crippen LogP contribution in [0, 0.1) is 0 Å². The van der Waals surface area contributed by atoms with Gasteiger partial charge in [-0.2, -0.15) is 0 Å². The van der Waals surface area contributed by atoms with E-state index in [-0.39, 0.29) is 6.61 Å². The number of aliphatic hydroxyl groups excluding tert-OH is 2. The Morgan fingerprint density at radius 2 is 1.39 bits per heavy atom. The highest BCUT2D eigenvalue weighted by atomic mass is 16.5. The predicted molar refractivity (Wildman–Crippen MR) is 89.6 cm³/mol. The van der Waals surface area contributed by atoms with E-state index in [1.807, 2.05) is 60.7 Å². The van der Waals surface area contributed by atoms with Crippen LogP contribution in [0.3, 0.4) is 0 Å². The third-order valence-electron chi connectivity index (χ3n) is 2.16. The molecule has 0 bridgehead atoms. The molecule has 2 rings (SSSR count). The molecule has 0 aliphatic heterocycles. The Morgan fingerprint density at radius 3 is 1.61 bits per heavy atom. The number of hydrogen-bond acceptors (Lipinski definition) is 4. The third kappa shape index (κ3) is 12.8. The van der Waals surface area contributed by atoms with Crippen LogP contribution in [0.25, 0.3) is 0 Å². The summed E-state index contributed by atoms with van der Waals surface area (Å²) in [6, 6.07) is 19.5. The molecule has 0 aliphatic carbocycles. The molecule has 2 aromatic carbocycles. The molecule has 0 amide bonds. The summed E-state index contributed by atoms with van der Waals surface area (Å²) in [7, 11) is 0. The minimum atomic E-state index is -0.981. The van der Waals surface area contributed by atoms with Gasteiger partial charge in [0.1, 0.15) is 11.5 Å². The van der Waals surface area contributed by atoms with Crippen molar-refractivity contribution >= 4 is 5.97 Å². The van der Waals surface area contributed by atoms with Crippen molar-refractivity contribution in [1.29, 1.82) is 0 Å². The van der Waals surface area contributed by atoms with E-state index in [1.165, 1.54) is 6.92 Å². The molecule has 23 heavy (non-hydrogen) atoms. The highest BCUT2D eigenvalue weighted by molar-refractivity contribution is 5.78. The molecule has 0 saturated heterocycles. The maximum Gasteiger partial charge on any atom is 0.327 e. The molecule has 1 atom stereocenters. The Balaban J connectivity index is 0.000000406. The van der Waals surface area contributed by atoms with Crippen LogP contribution in [-0.4, -0.2) is 34.0 Å². The molecule has 5 heteroatoms. The van der Waals surface area contributed by atoms with E-state index in [0.29, 0.717) is 0 Å². The lowest BCUT2D eigenvalue weighted by atomic mass is 10.3. The zero-order chi connectivity index (χ0) is 17.5. The van der Waals surface area contributed by atoms with Crippen molar-refractivity contribution in [2.45, 2.75) is 13.0 Å². The van der Waals surface area contributed by atoms with E-state index in [0.717, 1.165) is 17.6 Å². The summed E-state index contributed by atoms with van der Waals surface area (Å²) in [4.78, 5) is 9.25. The fourth-order valence-corrected chi connectivity index (χ4v) is 1.11. The molecule has 0 aromatic heterocycles. The van der Waals surface area contributed by atoms with E-state index >= 15 is 0 Å². The lowest BCUT2D eigenvalue weighted by molar-refractivity contribution is -0.131. The van der Waals surface area contributed by atoms with Crippen LogP contribution in [0.4, 0.5) is 0 Å². The van der Waals surface area contributed by atoms with E-state index in [9.17, 15) is 4.79 Å². The second kappa shape index (κ2) is 13.1. The highest BCUT2D eigenvalue weighted by Gasteiger charge is 1.92. The van der Waals surface area contributed by atoms with Gasteiger partial charge in [-0.15, -0.1) is 0 Å². The fourth-order valence-electron chi connectivity index (χ4n) is 1.11. The molecule has 0 aliphatic rings. The topological polar surface area (TPSA) is 87.0 Å². The number of para-hydroxylation sites is 2. The standard InChI is InChI=1S/C12H10O.C3H8O2.C3H4O2/c1-3-7-11(8-4-1)13-12-9-5-2-6-10-12;1-3(5)2-4;1-2-3(4)5/h1-10H;3-5H,2H2,1H3;2H,1H2,(H,4,5). The van der Waals surface area contributed by atoms with Crippen molar-refractivity contribution in [2.24, 2.45) is 0 Å². The van der Waals surface area contributed by atoms with Crippen LogP contribution in [0.1, 0.15) is 6.92 Å². The summed E-state index contributed by atoms with van der Waals surface area (Å²) in [5.74, 6) is 0.757. The first-order chi connectivity index (χ1) is 11.0. The SMILES string of the molecule is C=CC(=O)O.CC(O)CO.c1ccc(Oc2ccccc2)cc1. The first kappa shape index (κ1) is 20.4. The normalized spacial score (nSPS) is 10.0. The summed E-state index contributed by atoms with van der Waals surface area (Å²) in [5.41, 5.74) is 0. The Morgan fingerprint density at radius 1 is 1.09 bits per heavy atom. The average molecular weight is 318 g/mol. The number of carboxylic acid groups (broad SMARTS) is 1. The van der Waals surface area contributed by atoms with Gasteiger partial charge < -0.3 is 20.1 Å². The van der Waals surface area contributed by atoms with Crippen molar-refractivity contribution in [3.63, 3.8) is 0 Å². The van der Waals surface area contributed by atoms with Gasteiger partial charge in [0, 0.05) is 6.08 Å². The lowest BCUT2D eigenvalue weighted by Crippen LogP contribution is -2.03. The molecule has 0 fully saturated rings. The summed E-state index contributed by atoms with van der Waals surface area (Å²) >= 11 is 0. The Labute approximate surface area is 136 Å². The van der Waals surface area contributed by atoms with E-state index in [2.05, 4.69) is 6.58 Å². The maximum absolute atomic E-state index is 9.25. The first-order valence-corrected chi connectivity index (χ1v) is 6.91. The van der Waals surface area contributed by atoms with Gasteiger partial charge in [0.15, 0.2) is 0 Å². The van der Waals surface area contributed by atoms with Crippen molar-refractivity contribution in [3.05, 3.63) is 73.3 Å². The summed E-state index contributed by atoms with van der Waals surface area (Å²) in [6.45, 7) is 4.35.